The van der Waals surface area contributed by atoms with E-state index in [-0.39, 0.29) is 22.8 Å². The van der Waals surface area contributed by atoms with Crippen molar-refractivity contribution in [2.75, 3.05) is 5.32 Å². The summed E-state index contributed by atoms with van der Waals surface area (Å²) >= 11 is 0. The van der Waals surface area contributed by atoms with E-state index >= 15 is 0 Å². The molecule has 1 saturated carbocycles. The van der Waals surface area contributed by atoms with Crippen LogP contribution in [-0.4, -0.2) is 10.9 Å². The molecule has 116 valence electrons. The van der Waals surface area contributed by atoms with Crippen LogP contribution < -0.4 is 5.32 Å². The highest BCUT2D eigenvalue weighted by Gasteiger charge is 2.50. The molecule has 0 bridgehead atoms. The summed E-state index contributed by atoms with van der Waals surface area (Å²) in [4.78, 5) is 16.2. The Labute approximate surface area is 134 Å². The number of nitrogens with one attached hydrogen (secondary N) is 1. The van der Waals surface area contributed by atoms with Crippen LogP contribution in [-0.2, 0) is 4.79 Å². The molecule has 1 atom stereocenters. The van der Waals surface area contributed by atoms with Crippen LogP contribution >= 0.6 is 0 Å². The fourth-order valence-electron chi connectivity index (χ4n) is 2.59. The van der Waals surface area contributed by atoms with Crippen LogP contribution in [0, 0.1) is 28.5 Å². The van der Waals surface area contributed by atoms with Gasteiger partial charge >= 0.3 is 0 Å². The average Bonchev–Trinajstić information content (AvgIpc) is 3.16. The van der Waals surface area contributed by atoms with E-state index in [1.807, 2.05) is 6.07 Å². The molecule has 0 saturated heterocycles. The number of hydrogen-bond acceptors (Lipinski definition) is 3. The molecule has 1 aromatic carbocycles. The number of aromatic nitrogens is 1. The zero-order valence-corrected chi connectivity index (χ0v) is 12.9. The van der Waals surface area contributed by atoms with Crippen LogP contribution in [0.4, 0.5) is 10.2 Å². The van der Waals surface area contributed by atoms with Gasteiger partial charge in [0.05, 0.1) is 11.6 Å². The van der Waals surface area contributed by atoms with Gasteiger partial charge in [-0.25, -0.2) is 9.37 Å². The molecule has 2 aromatic rings. The predicted molar refractivity (Wildman–Crippen MR) is 84.9 cm³/mol. The van der Waals surface area contributed by atoms with Crippen molar-refractivity contribution < 1.29 is 9.18 Å². The minimum absolute atomic E-state index is 0.0206. The number of carbonyl (C=O) groups is 1. The fourth-order valence-corrected chi connectivity index (χ4v) is 2.59. The molecule has 0 spiro atoms. The quantitative estimate of drug-likeness (QED) is 0.939. The van der Waals surface area contributed by atoms with Crippen molar-refractivity contribution >= 4 is 11.7 Å². The third-order valence-electron chi connectivity index (χ3n) is 4.20. The Morgan fingerprint density at radius 1 is 1.35 bits per heavy atom. The summed E-state index contributed by atoms with van der Waals surface area (Å²) in [5.74, 6) is 0.0175. The van der Waals surface area contributed by atoms with Gasteiger partial charge in [0.25, 0.3) is 0 Å². The fraction of sp³-hybridized carbons (Fsp3) is 0.278. The number of hydrogen-bond donors (Lipinski definition) is 1. The van der Waals surface area contributed by atoms with Crippen molar-refractivity contribution in [1.82, 2.24) is 4.98 Å². The maximum absolute atomic E-state index is 13.5. The topological polar surface area (TPSA) is 65.8 Å². The van der Waals surface area contributed by atoms with Crippen molar-refractivity contribution in [3.63, 3.8) is 0 Å². The average molecular weight is 309 g/mol. The molecule has 1 fully saturated rings. The standard InChI is InChI=1S/C18H16FN3O/c1-18(2)8-15(18)17(23)22-16-4-3-12(10-21-16)13-5-11(9-20)6-14(19)7-13/h3-7,10,15H,8H2,1-2H3,(H,21,22,23). The van der Waals surface area contributed by atoms with Gasteiger partial charge in [0.1, 0.15) is 11.6 Å². The zero-order chi connectivity index (χ0) is 16.6. The molecule has 0 aliphatic heterocycles. The van der Waals surface area contributed by atoms with Crippen LogP contribution in [0.2, 0.25) is 0 Å². The first-order valence-electron chi connectivity index (χ1n) is 7.37. The third kappa shape index (κ3) is 3.21. The van der Waals surface area contributed by atoms with Gasteiger partial charge in [0, 0.05) is 17.7 Å². The second-order valence-corrected chi connectivity index (χ2v) is 6.51. The Hall–Kier alpha value is -2.74. The maximum Gasteiger partial charge on any atom is 0.229 e. The third-order valence-corrected chi connectivity index (χ3v) is 4.20. The Kier molecular flexibility index (Phi) is 3.61. The number of nitriles is 1. The Morgan fingerprint density at radius 3 is 2.65 bits per heavy atom. The summed E-state index contributed by atoms with van der Waals surface area (Å²) in [6.07, 6.45) is 2.45. The second-order valence-electron chi connectivity index (χ2n) is 6.51. The molecule has 1 unspecified atom stereocenters. The van der Waals surface area contributed by atoms with E-state index in [1.165, 1.54) is 12.1 Å². The molecule has 1 heterocycles. The molecule has 3 rings (SSSR count). The second kappa shape index (κ2) is 5.47. The van der Waals surface area contributed by atoms with Gasteiger partial charge in [0.2, 0.25) is 5.91 Å². The predicted octanol–water partition coefficient (Wildman–Crippen LogP) is 3.74. The molecule has 4 nitrogen and oxygen atoms in total. The van der Waals surface area contributed by atoms with Gasteiger partial charge in [-0.2, -0.15) is 5.26 Å². The van der Waals surface area contributed by atoms with E-state index in [9.17, 15) is 9.18 Å². The lowest BCUT2D eigenvalue weighted by Crippen LogP contribution is -2.17. The number of nitrogens with zero attached hydrogens (tertiary/aromatic N) is 2. The monoisotopic (exact) mass is 309 g/mol. The lowest BCUT2D eigenvalue weighted by Gasteiger charge is -2.07. The van der Waals surface area contributed by atoms with Crippen molar-refractivity contribution in [3.05, 3.63) is 47.9 Å². The van der Waals surface area contributed by atoms with Crippen LogP contribution in [0.25, 0.3) is 11.1 Å². The first-order valence-corrected chi connectivity index (χ1v) is 7.37. The molecule has 1 aliphatic rings. The smallest absolute Gasteiger partial charge is 0.229 e. The highest BCUT2D eigenvalue weighted by Crippen LogP contribution is 2.51. The van der Waals surface area contributed by atoms with Gasteiger partial charge in [-0.3, -0.25) is 4.79 Å². The summed E-state index contributed by atoms with van der Waals surface area (Å²) in [6, 6.07) is 9.49. The zero-order valence-electron chi connectivity index (χ0n) is 12.9. The largest absolute Gasteiger partial charge is 0.310 e. The molecule has 1 amide bonds. The van der Waals surface area contributed by atoms with Gasteiger partial charge in [-0.15, -0.1) is 0 Å². The SMILES string of the molecule is CC1(C)CC1C(=O)Nc1ccc(-c2cc(F)cc(C#N)c2)cn1. The van der Waals surface area contributed by atoms with Gasteiger partial charge in [-0.1, -0.05) is 13.8 Å². The van der Waals surface area contributed by atoms with Crippen LogP contribution in [0.5, 0.6) is 0 Å². The highest BCUT2D eigenvalue weighted by atomic mass is 19.1. The van der Waals surface area contributed by atoms with Crippen molar-refractivity contribution in [2.24, 2.45) is 11.3 Å². The van der Waals surface area contributed by atoms with E-state index in [2.05, 4.69) is 24.1 Å². The van der Waals surface area contributed by atoms with Crippen LogP contribution in [0.3, 0.4) is 0 Å². The van der Waals surface area contributed by atoms with Crippen LogP contribution in [0.1, 0.15) is 25.8 Å². The molecule has 0 radical (unpaired) electrons. The number of anilines is 1. The van der Waals surface area contributed by atoms with E-state index in [1.54, 1.807) is 24.4 Å². The Morgan fingerprint density at radius 2 is 2.09 bits per heavy atom. The van der Waals surface area contributed by atoms with E-state index in [4.69, 9.17) is 5.26 Å². The van der Waals surface area contributed by atoms with Gasteiger partial charge in [0.15, 0.2) is 0 Å². The van der Waals surface area contributed by atoms with Gasteiger partial charge < -0.3 is 5.32 Å². The minimum Gasteiger partial charge on any atom is -0.310 e. The lowest BCUT2D eigenvalue weighted by molar-refractivity contribution is -0.118. The van der Waals surface area contributed by atoms with E-state index in [0.717, 1.165) is 6.42 Å². The van der Waals surface area contributed by atoms with Crippen molar-refractivity contribution in [3.8, 4) is 17.2 Å². The number of amides is 1. The molecule has 1 aromatic heterocycles. The number of carbonyl (C=O) groups excluding carboxylic acids is 1. The lowest BCUT2D eigenvalue weighted by atomic mass is 10.0. The molecule has 1 N–H and O–H groups in total. The summed E-state index contributed by atoms with van der Waals surface area (Å²) in [7, 11) is 0. The molecular weight excluding hydrogens is 293 g/mol. The Balaban J connectivity index is 1.76. The first kappa shape index (κ1) is 15.2. The number of rotatable bonds is 3. The number of halogens is 1. The van der Waals surface area contributed by atoms with Crippen molar-refractivity contribution in [2.45, 2.75) is 20.3 Å². The molecule has 1 aliphatic carbocycles. The molecule has 5 heteroatoms. The normalized spacial score (nSPS) is 18.1. The van der Waals surface area contributed by atoms with Crippen LogP contribution in [0.15, 0.2) is 36.5 Å². The van der Waals surface area contributed by atoms with Gasteiger partial charge in [-0.05, 0) is 47.7 Å². The van der Waals surface area contributed by atoms with E-state index in [0.29, 0.717) is 16.9 Å². The minimum atomic E-state index is -0.465. The first-order chi connectivity index (χ1) is 10.9. The summed E-state index contributed by atoms with van der Waals surface area (Å²) in [6.45, 7) is 4.12. The summed E-state index contributed by atoms with van der Waals surface area (Å²) in [5, 5.41) is 11.7. The highest BCUT2D eigenvalue weighted by molar-refractivity contribution is 5.94. The Bertz CT molecular complexity index is 806. The molecule has 23 heavy (non-hydrogen) atoms. The molecular formula is C18H16FN3O. The van der Waals surface area contributed by atoms with Crippen molar-refractivity contribution in [1.29, 1.82) is 5.26 Å². The maximum atomic E-state index is 13.5. The van der Waals surface area contributed by atoms with E-state index < -0.39 is 5.82 Å². The number of benzene rings is 1. The summed E-state index contributed by atoms with van der Waals surface area (Å²) < 4.78 is 13.5. The summed E-state index contributed by atoms with van der Waals surface area (Å²) in [5.41, 5.74) is 1.59. The number of pyridine rings is 1.